The van der Waals surface area contributed by atoms with Crippen LogP contribution < -0.4 is 15.4 Å². The molecule has 0 saturated heterocycles. The fourth-order valence-corrected chi connectivity index (χ4v) is 2.72. The van der Waals surface area contributed by atoms with E-state index in [9.17, 15) is 32.9 Å². The van der Waals surface area contributed by atoms with Gasteiger partial charge in [-0.2, -0.15) is 13.2 Å². The quantitative estimate of drug-likeness (QED) is 0.386. The van der Waals surface area contributed by atoms with Gasteiger partial charge in [-0.3, -0.25) is 19.7 Å². The minimum Gasteiger partial charge on any atom is -0.484 e. The van der Waals surface area contributed by atoms with E-state index in [1.807, 2.05) is 0 Å². The predicted molar refractivity (Wildman–Crippen MR) is 113 cm³/mol. The van der Waals surface area contributed by atoms with Crippen molar-refractivity contribution in [1.82, 2.24) is 0 Å². The van der Waals surface area contributed by atoms with Crippen LogP contribution in [-0.4, -0.2) is 23.3 Å². The van der Waals surface area contributed by atoms with Gasteiger partial charge in [0.2, 0.25) is 0 Å². The summed E-state index contributed by atoms with van der Waals surface area (Å²) in [5.74, 6) is -0.957. The second-order valence-corrected chi connectivity index (χ2v) is 6.70. The molecule has 0 fully saturated rings. The van der Waals surface area contributed by atoms with Gasteiger partial charge in [-0.05, 0) is 48.5 Å². The van der Waals surface area contributed by atoms with Gasteiger partial charge in [-0.25, -0.2) is 0 Å². The molecule has 0 bridgehead atoms. The van der Waals surface area contributed by atoms with E-state index >= 15 is 0 Å². The minimum atomic E-state index is -4.54. The highest BCUT2D eigenvalue weighted by atomic mass is 19.4. The van der Waals surface area contributed by atoms with Gasteiger partial charge in [0.1, 0.15) is 5.75 Å². The van der Waals surface area contributed by atoms with Crippen molar-refractivity contribution < 1.29 is 32.4 Å². The normalized spacial score (nSPS) is 10.9. The summed E-state index contributed by atoms with van der Waals surface area (Å²) in [6.45, 7) is -0.390. The number of carbonyl (C=O) groups is 2. The van der Waals surface area contributed by atoms with E-state index in [4.69, 9.17) is 4.74 Å². The van der Waals surface area contributed by atoms with Crippen molar-refractivity contribution in [2.75, 3.05) is 17.2 Å². The number of halogens is 3. The third-order valence-electron chi connectivity index (χ3n) is 4.27. The van der Waals surface area contributed by atoms with Crippen LogP contribution in [0.1, 0.15) is 15.9 Å². The molecule has 2 amide bonds. The number of amides is 2. The summed E-state index contributed by atoms with van der Waals surface area (Å²) in [6, 6.07) is 15.2. The molecule has 170 valence electrons. The first-order valence-corrected chi connectivity index (χ1v) is 9.37. The van der Waals surface area contributed by atoms with Crippen LogP contribution in [-0.2, 0) is 11.0 Å². The Kier molecular flexibility index (Phi) is 6.91. The van der Waals surface area contributed by atoms with E-state index in [0.717, 1.165) is 12.1 Å². The maximum absolute atomic E-state index is 12.8. The number of alkyl halides is 3. The van der Waals surface area contributed by atoms with Crippen molar-refractivity contribution in [2.24, 2.45) is 0 Å². The lowest BCUT2D eigenvalue weighted by Crippen LogP contribution is -2.20. The molecule has 0 radical (unpaired) electrons. The summed E-state index contributed by atoms with van der Waals surface area (Å²) >= 11 is 0. The molecule has 0 unspecified atom stereocenters. The van der Waals surface area contributed by atoms with Crippen LogP contribution in [0.3, 0.4) is 0 Å². The lowest BCUT2D eigenvalue weighted by Gasteiger charge is -2.11. The molecule has 3 rings (SSSR count). The second kappa shape index (κ2) is 9.81. The van der Waals surface area contributed by atoms with Crippen LogP contribution in [0.2, 0.25) is 0 Å². The van der Waals surface area contributed by atoms with Gasteiger partial charge < -0.3 is 15.4 Å². The van der Waals surface area contributed by atoms with Crippen LogP contribution in [0.5, 0.6) is 5.75 Å². The first-order chi connectivity index (χ1) is 15.6. The Bertz CT molecular complexity index is 1180. The second-order valence-electron chi connectivity index (χ2n) is 6.70. The van der Waals surface area contributed by atoms with Crippen molar-refractivity contribution in [2.45, 2.75) is 6.18 Å². The van der Waals surface area contributed by atoms with Gasteiger partial charge in [0.05, 0.1) is 10.5 Å². The number of nitro benzene ring substituents is 1. The van der Waals surface area contributed by atoms with Gasteiger partial charge in [-0.1, -0.05) is 12.1 Å². The maximum Gasteiger partial charge on any atom is 0.416 e. The van der Waals surface area contributed by atoms with Gasteiger partial charge >= 0.3 is 6.18 Å². The number of hydrogen-bond donors (Lipinski definition) is 2. The van der Waals surface area contributed by atoms with Crippen LogP contribution in [0.4, 0.5) is 30.2 Å². The average Bonchev–Trinajstić information content (AvgIpc) is 2.78. The zero-order valence-electron chi connectivity index (χ0n) is 16.8. The first-order valence-electron chi connectivity index (χ1n) is 9.37. The summed E-state index contributed by atoms with van der Waals surface area (Å²) in [5.41, 5.74) is -0.660. The third kappa shape index (κ3) is 6.53. The molecule has 0 heterocycles. The molecule has 11 heteroatoms. The smallest absolute Gasteiger partial charge is 0.416 e. The highest BCUT2D eigenvalue weighted by molar-refractivity contribution is 6.05. The number of non-ortho nitro benzene ring substituents is 1. The van der Waals surface area contributed by atoms with Gasteiger partial charge in [-0.15, -0.1) is 0 Å². The van der Waals surface area contributed by atoms with Crippen molar-refractivity contribution in [3.05, 3.63) is 94.0 Å². The average molecular weight is 459 g/mol. The summed E-state index contributed by atoms with van der Waals surface area (Å²) < 4.78 is 43.8. The summed E-state index contributed by atoms with van der Waals surface area (Å²) in [6.07, 6.45) is -4.54. The summed E-state index contributed by atoms with van der Waals surface area (Å²) in [7, 11) is 0. The monoisotopic (exact) mass is 459 g/mol. The number of nitro groups is 1. The van der Waals surface area contributed by atoms with Crippen LogP contribution in [0, 0.1) is 10.1 Å². The molecule has 0 spiro atoms. The third-order valence-corrected chi connectivity index (χ3v) is 4.27. The SMILES string of the molecule is O=C(COc1ccc([N+](=O)[O-])cc1)Nc1cccc(C(=O)Nc2cccc(C(F)(F)F)c2)c1. The number of benzene rings is 3. The van der Waals surface area contributed by atoms with E-state index in [0.29, 0.717) is 0 Å². The van der Waals surface area contributed by atoms with Gasteiger partial charge in [0.15, 0.2) is 6.61 Å². The Morgan fingerprint density at radius 1 is 0.909 bits per heavy atom. The van der Waals surface area contributed by atoms with Crippen molar-refractivity contribution in [1.29, 1.82) is 0 Å². The largest absolute Gasteiger partial charge is 0.484 e. The number of anilines is 2. The lowest BCUT2D eigenvalue weighted by molar-refractivity contribution is -0.384. The Hall–Kier alpha value is -4.41. The number of rotatable bonds is 7. The van der Waals surface area contributed by atoms with E-state index < -0.39 is 35.1 Å². The number of nitrogens with zero attached hydrogens (tertiary/aromatic N) is 1. The number of nitrogens with one attached hydrogen (secondary N) is 2. The Morgan fingerprint density at radius 2 is 1.55 bits per heavy atom. The zero-order valence-corrected chi connectivity index (χ0v) is 16.8. The molecule has 0 atom stereocenters. The maximum atomic E-state index is 12.8. The van der Waals surface area contributed by atoms with Crippen LogP contribution >= 0.6 is 0 Å². The van der Waals surface area contributed by atoms with Crippen LogP contribution in [0.15, 0.2) is 72.8 Å². The summed E-state index contributed by atoms with van der Waals surface area (Å²) in [4.78, 5) is 34.6. The molecule has 2 N–H and O–H groups in total. The fourth-order valence-electron chi connectivity index (χ4n) is 2.72. The van der Waals surface area contributed by atoms with E-state index in [-0.39, 0.29) is 28.4 Å². The van der Waals surface area contributed by atoms with E-state index in [1.54, 1.807) is 0 Å². The molecule has 3 aromatic carbocycles. The molecule has 0 saturated carbocycles. The molecule has 33 heavy (non-hydrogen) atoms. The molecule has 0 aliphatic carbocycles. The van der Waals surface area contributed by atoms with Gasteiger partial charge in [0.25, 0.3) is 17.5 Å². The van der Waals surface area contributed by atoms with Crippen LogP contribution in [0.25, 0.3) is 0 Å². The lowest BCUT2D eigenvalue weighted by atomic mass is 10.1. The molecule has 8 nitrogen and oxygen atoms in total. The molecular weight excluding hydrogens is 443 g/mol. The fraction of sp³-hybridized carbons (Fsp3) is 0.0909. The Morgan fingerprint density at radius 3 is 2.18 bits per heavy atom. The molecule has 0 aliphatic heterocycles. The molecule has 0 aromatic heterocycles. The Balaban J connectivity index is 1.59. The van der Waals surface area contributed by atoms with Crippen molar-refractivity contribution in [3.8, 4) is 5.75 Å². The zero-order chi connectivity index (χ0) is 24.0. The molecule has 0 aliphatic rings. The molecule has 3 aromatic rings. The van der Waals surface area contributed by atoms with E-state index in [1.165, 1.54) is 60.7 Å². The first kappa shape index (κ1) is 23.3. The number of ether oxygens (including phenoxy) is 1. The highest BCUT2D eigenvalue weighted by Gasteiger charge is 2.30. The number of carbonyl (C=O) groups excluding carboxylic acids is 2. The highest BCUT2D eigenvalue weighted by Crippen LogP contribution is 2.30. The standard InChI is InChI=1S/C22H16F3N3O5/c23-22(24,25)15-4-2-6-17(12-15)27-21(30)14-3-1-5-16(11-14)26-20(29)13-33-19-9-7-18(8-10-19)28(31)32/h1-12H,13H2,(H,26,29)(H,27,30). The number of hydrogen-bond acceptors (Lipinski definition) is 5. The molecular formula is C22H16F3N3O5. The minimum absolute atomic E-state index is 0.0271. The predicted octanol–water partition coefficient (Wildman–Crippen LogP) is 4.88. The van der Waals surface area contributed by atoms with Gasteiger partial charge in [0, 0.05) is 29.1 Å². The topological polar surface area (TPSA) is 111 Å². The Labute approximate surface area is 185 Å². The summed E-state index contributed by atoms with van der Waals surface area (Å²) in [5, 5.41) is 15.6. The van der Waals surface area contributed by atoms with Crippen molar-refractivity contribution in [3.63, 3.8) is 0 Å². The van der Waals surface area contributed by atoms with Crippen molar-refractivity contribution >= 4 is 28.9 Å². The van der Waals surface area contributed by atoms with E-state index in [2.05, 4.69) is 10.6 Å².